The Morgan fingerprint density at radius 3 is 2.40 bits per heavy atom. The number of rotatable bonds is 3. The zero-order valence-electron chi connectivity index (χ0n) is 11.0. The van der Waals surface area contributed by atoms with Gasteiger partial charge in [-0.15, -0.1) is 0 Å². The zero-order chi connectivity index (χ0) is 14.9. The molecule has 1 unspecified atom stereocenters. The lowest BCUT2D eigenvalue weighted by Gasteiger charge is -2.18. The van der Waals surface area contributed by atoms with Crippen LogP contribution in [0.4, 0.5) is 14.5 Å². The van der Waals surface area contributed by atoms with Crippen LogP contribution in [0, 0.1) is 18.6 Å². The van der Waals surface area contributed by atoms with Gasteiger partial charge in [0.15, 0.2) is 0 Å². The molecular weight excluding hydrogens is 392 g/mol. The molecule has 0 aromatic heterocycles. The van der Waals surface area contributed by atoms with E-state index in [0.717, 1.165) is 14.6 Å². The van der Waals surface area contributed by atoms with Gasteiger partial charge in [0.25, 0.3) is 0 Å². The van der Waals surface area contributed by atoms with Crippen molar-refractivity contribution < 1.29 is 8.78 Å². The molecule has 1 N–H and O–H groups in total. The summed E-state index contributed by atoms with van der Waals surface area (Å²) in [5, 5.41) is 3.17. The molecule has 0 aliphatic rings. The summed E-state index contributed by atoms with van der Waals surface area (Å²) in [5.41, 5.74) is 1.44. The molecule has 2 aromatic carbocycles. The van der Waals surface area contributed by atoms with E-state index in [0.29, 0.717) is 11.1 Å². The average molecular weight is 405 g/mol. The maximum absolute atomic E-state index is 13.9. The first-order valence-electron chi connectivity index (χ1n) is 6.05. The molecule has 5 heteroatoms. The third-order valence-corrected chi connectivity index (χ3v) is 4.20. The molecule has 1 nitrogen and oxygen atoms in total. The Morgan fingerprint density at radius 1 is 1.05 bits per heavy atom. The monoisotopic (exact) mass is 403 g/mol. The van der Waals surface area contributed by atoms with Crippen molar-refractivity contribution in [2.75, 3.05) is 5.32 Å². The number of nitrogens with one attached hydrogen (secondary N) is 1. The van der Waals surface area contributed by atoms with Crippen molar-refractivity contribution in [1.29, 1.82) is 0 Å². The fourth-order valence-corrected chi connectivity index (χ4v) is 3.07. The first kappa shape index (κ1) is 15.4. The van der Waals surface area contributed by atoms with Crippen LogP contribution < -0.4 is 5.32 Å². The van der Waals surface area contributed by atoms with Gasteiger partial charge in [0.2, 0.25) is 0 Å². The van der Waals surface area contributed by atoms with E-state index in [2.05, 4.69) is 37.2 Å². The van der Waals surface area contributed by atoms with Crippen LogP contribution in [0.25, 0.3) is 0 Å². The van der Waals surface area contributed by atoms with Gasteiger partial charge in [-0.2, -0.15) is 0 Å². The summed E-state index contributed by atoms with van der Waals surface area (Å²) in [5.74, 6) is -0.804. The number of benzene rings is 2. The van der Waals surface area contributed by atoms with Crippen molar-refractivity contribution in [3.63, 3.8) is 0 Å². The molecule has 0 amide bonds. The van der Waals surface area contributed by atoms with Crippen LogP contribution in [0.1, 0.15) is 24.1 Å². The van der Waals surface area contributed by atoms with Gasteiger partial charge in [0.05, 0.1) is 6.04 Å². The van der Waals surface area contributed by atoms with E-state index < -0.39 is 11.6 Å². The van der Waals surface area contributed by atoms with Gasteiger partial charge < -0.3 is 5.32 Å². The lowest BCUT2D eigenvalue weighted by atomic mass is 10.0. The van der Waals surface area contributed by atoms with Crippen LogP contribution in [-0.4, -0.2) is 0 Å². The lowest BCUT2D eigenvalue weighted by molar-refractivity contribution is 0.571. The first-order chi connectivity index (χ1) is 9.38. The molecule has 0 spiro atoms. The van der Waals surface area contributed by atoms with Crippen LogP contribution in [0.2, 0.25) is 0 Å². The van der Waals surface area contributed by atoms with E-state index in [-0.39, 0.29) is 6.04 Å². The molecule has 0 saturated carbocycles. The molecule has 0 bridgehead atoms. The second-order valence-electron chi connectivity index (χ2n) is 4.61. The molecule has 2 aromatic rings. The summed E-state index contributed by atoms with van der Waals surface area (Å²) in [4.78, 5) is 0. The van der Waals surface area contributed by atoms with Crippen LogP contribution in [0.15, 0.2) is 39.3 Å². The molecule has 0 saturated heterocycles. The maximum atomic E-state index is 13.9. The number of anilines is 1. The quantitative estimate of drug-likeness (QED) is 0.664. The van der Waals surface area contributed by atoms with Crippen LogP contribution in [-0.2, 0) is 0 Å². The summed E-state index contributed by atoms with van der Waals surface area (Å²) in [6, 6.07) is 7.76. The normalized spacial score (nSPS) is 12.3. The number of halogens is 4. The smallest absolute Gasteiger partial charge is 0.128 e. The van der Waals surface area contributed by atoms with Crippen molar-refractivity contribution in [1.82, 2.24) is 0 Å². The first-order valence-corrected chi connectivity index (χ1v) is 7.64. The number of hydrogen-bond donors (Lipinski definition) is 1. The number of hydrogen-bond acceptors (Lipinski definition) is 1. The minimum absolute atomic E-state index is 0.308. The second kappa shape index (κ2) is 6.22. The summed E-state index contributed by atoms with van der Waals surface area (Å²) in [7, 11) is 0. The van der Waals surface area contributed by atoms with E-state index in [1.807, 2.05) is 18.2 Å². The molecular formula is C15H13Br2F2N. The van der Waals surface area contributed by atoms with Gasteiger partial charge in [0, 0.05) is 20.2 Å². The number of aryl methyl sites for hydroxylation is 1. The summed E-state index contributed by atoms with van der Waals surface area (Å²) in [6.07, 6.45) is 0. The molecule has 106 valence electrons. The van der Waals surface area contributed by atoms with Crippen molar-refractivity contribution in [2.45, 2.75) is 19.9 Å². The van der Waals surface area contributed by atoms with Crippen molar-refractivity contribution in [3.05, 3.63) is 62.0 Å². The highest BCUT2D eigenvalue weighted by atomic mass is 79.9. The molecule has 1 atom stereocenters. The predicted molar refractivity (Wildman–Crippen MR) is 85.0 cm³/mol. The molecule has 2 rings (SSSR count). The average Bonchev–Trinajstić information content (AvgIpc) is 2.37. The van der Waals surface area contributed by atoms with Gasteiger partial charge in [-0.3, -0.25) is 0 Å². The third-order valence-electron chi connectivity index (χ3n) is 3.05. The fraction of sp³-hybridized carbons (Fsp3) is 0.200. The molecule has 0 aliphatic heterocycles. The maximum Gasteiger partial charge on any atom is 0.128 e. The van der Waals surface area contributed by atoms with Crippen LogP contribution >= 0.6 is 31.9 Å². The zero-order valence-corrected chi connectivity index (χ0v) is 14.1. The van der Waals surface area contributed by atoms with Gasteiger partial charge in [-0.1, -0.05) is 15.9 Å². The molecule has 20 heavy (non-hydrogen) atoms. The summed E-state index contributed by atoms with van der Waals surface area (Å²) in [6.45, 7) is 3.34. The van der Waals surface area contributed by atoms with Gasteiger partial charge in [-0.05, 0) is 65.7 Å². The summed E-state index contributed by atoms with van der Waals surface area (Å²) >= 11 is 6.80. The minimum atomic E-state index is -0.405. The highest BCUT2D eigenvalue weighted by Gasteiger charge is 2.14. The van der Waals surface area contributed by atoms with E-state index >= 15 is 0 Å². The SMILES string of the molecule is Cc1cc(F)c(C(C)Nc2ccc(Br)cc2Br)cc1F. The van der Waals surface area contributed by atoms with Crippen LogP contribution in [0.3, 0.4) is 0 Å². The van der Waals surface area contributed by atoms with E-state index in [9.17, 15) is 8.78 Å². The molecule has 0 heterocycles. The fourth-order valence-electron chi connectivity index (χ4n) is 1.91. The largest absolute Gasteiger partial charge is 0.377 e. The van der Waals surface area contributed by atoms with Crippen LogP contribution in [0.5, 0.6) is 0 Å². The molecule has 0 aliphatic carbocycles. The van der Waals surface area contributed by atoms with E-state index in [1.165, 1.54) is 12.1 Å². The second-order valence-corrected chi connectivity index (χ2v) is 6.38. The van der Waals surface area contributed by atoms with Crippen molar-refractivity contribution in [3.8, 4) is 0 Å². The van der Waals surface area contributed by atoms with Gasteiger partial charge in [-0.25, -0.2) is 8.78 Å². The Kier molecular flexibility index (Phi) is 4.81. The molecule has 0 radical (unpaired) electrons. The Balaban J connectivity index is 2.28. The third kappa shape index (κ3) is 3.38. The highest BCUT2D eigenvalue weighted by molar-refractivity contribution is 9.11. The van der Waals surface area contributed by atoms with Gasteiger partial charge in [0.1, 0.15) is 11.6 Å². The lowest BCUT2D eigenvalue weighted by Crippen LogP contribution is -2.10. The highest BCUT2D eigenvalue weighted by Crippen LogP contribution is 2.30. The topological polar surface area (TPSA) is 12.0 Å². The minimum Gasteiger partial charge on any atom is -0.377 e. The Hall–Kier alpha value is -0.940. The van der Waals surface area contributed by atoms with Gasteiger partial charge >= 0.3 is 0 Å². The van der Waals surface area contributed by atoms with Crippen molar-refractivity contribution >= 4 is 37.5 Å². The summed E-state index contributed by atoms with van der Waals surface area (Å²) < 4.78 is 29.3. The van der Waals surface area contributed by atoms with E-state index in [4.69, 9.17) is 0 Å². The Bertz CT molecular complexity index is 644. The Labute approximate surface area is 133 Å². The van der Waals surface area contributed by atoms with E-state index in [1.54, 1.807) is 13.8 Å². The predicted octanol–water partition coefficient (Wildman–Crippen LogP) is 5.97. The standard InChI is InChI=1S/C15H13Br2F2N/c1-8-5-14(19)11(7-13(8)18)9(2)20-15-4-3-10(16)6-12(15)17/h3-7,9,20H,1-2H3. The van der Waals surface area contributed by atoms with Crippen molar-refractivity contribution in [2.24, 2.45) is 0 Å². The Morgan fingerprint density at radius 2 is 1.75 bits per heavy atom. The molecule has 0 fully saturated rings.